The Kier molecular flexibility index (Phi) is 3.74. The lowest BCUT2D eigenvalue weighted by atomic mass is 10.2. The number of fused-ring (bicyclic) bond motifs is 1. The Morgan fingerprint density at radius 3 is 2.82 bits per heavy atom. The van der Waals surface area contributed by atoms with Gasteiger partial charge in [-0.25, -0.2) is 9.78 Å². The molecule has 1 aromatic carbocycles. The Balaban J connectivity index is 2.14. The van der Waals surface area contributed by atoms with Gasteiger partial charge in [0.15, 0.2) is 0 Å². The van der Waals surface area contributed by atoms with Crippen LogP contribution in [0.4, 0.5) is 0 Å². The molecule has 6 heteroatoms. The smallest absolute Gasteiger partial charge is 0.341 e. The molecule has 0 unspecified atom stereocenters. The number of esters is 1. The molecular weight excluding hydrogens is 282 g/mol. The first-order valence-corrected chi connectivity index (χ1v) is 6.98. The topological polar surface area (TPSA) is 77.0 Å². The van der Waals surface area contributed by atoms with E-state index in [0.29, 0.717) is 23.1 Å². The predicted octanol–water partition coefficient (Wildman–Crippen LogP) is 1.95. The van der Waals surface area contributed by atoms with Crippen molar-refractivity contribution in [2.75, 3.05) is 6.61 Å². The number of ether oxygens (including phenoxy) is 1. The van der Waals surface area contributed by atoms with E-state index < -0.39 is 5.97 Å². The van der Waals surface area contributed by atoms with Crippen LogP contribution in [0.3, 0.4) is 0 Å². The number of rotatable bonds is 4. The van der Waals surface area contributed by atoms with Gasteiger partial charge in [-0.15, -0.1) is 0 Å². The average Bonchev–Trinajstić information content (AvgIpc) is 2.89. The van der Waals surface area contributed by atoms with Crippen molar-refractivity contribution in [1.82, 2.24) is 14.5 Å². The van der Waals surface area contributed by atoms with Gasteiger partial charge in [0, 0.05) is 12.7 Å². The van der Waals surface area contributed by atoms with Crippen LogP contribution < -0.4 is 5.56 Å². The van der Waals surface area contributed by atoms with Crippen LogP contribution in [0.25, 0.3) is 11.0 Å². The first kappa shape index (κ1) is 14.1. The molecule has 22 heavy (non-hydrogen) atoms. The summed E-state index contributed by atoms with van der Waals surface area (Å²) in [6, 6.07) is 9.70. The van der Waals surface area contributed by atoms with E-state index in [1.165, 1.54) is 6.33 Å². The summed E-state index contributed by atoms with van der Waals surface area (Å²) in [6.45, 7) is 2.49. The van der Waals surface area contributed by atoms with Gasteiger partial charge in [-0.2, -0.15) is 0 Å². The highest BCUT2D eigenvalue weighted by atomic mass is 16.5. The summed E-state index contributed by atoms with van der Waals surface area (Å²) in [5.41, 5.74) is 1.78. The highest BCUT2D eigenvalue weighted by molar-refractivity contribution is 6.02. The van der Waals surface area contributed by atoms with Gasteiger partial charge in [0.25, 0.3) is 5.56 Å². The van der Waals surface area contributed by atoms with Crippen molar-refractivity contribution in [2.45, 2.75) is 13.5 Å². The maximum Gasteiger partial charge on any atom is 0.341 e. The van der Waals surface area contributed by atoms with Gasteiger partial charge in [0.05, 0.1) is 12.9 Å². The molecule has 2 aromatic heterocycles. The summed E-state index contributed by atoms with van der Waals surface area (Å²) >= 11 is 0. The number of aromatic nitrogens is 3. The van der Waals surface area contributed by atoms with Crippen LogP contribution in [0.5, 0.6) is 0 Å². The van der Waals surface area contributed by atoms with Crippen molar-refractivity contribution >= 4 is 17.0 Å². The fourth-order valence-electron chi connectivity index (χ4n) is 2.40. The largest absolute Gasteiger partial charge is 0.462 e. The second kappa shape index (κ2) is 5.85. The average molecular weight is 297 g/mol. The summed E-state index contributed by atoms with van der Waals surface area (Å²) in [7, 11) is 0. The van der Waals surface area contributed by atoms with Crippen molar-refractivity contribution in [3.8, 4) is 0 Å². The van der Waals surface area contributed by atoms with Crippen LogP contribution in [0.2, 0.25) is 0 Å². The standard InChI is InChI=1S/C16H15N3O3/c1-2-22-16(21)12-9-19(8-11-6-4-3-5-7-11)14-13(12)17-10-18-15(14)20/h3-7,9-10H,2,8H2,1H3,(H,17,18,20). The molecule has 6 nitrogen and oxygen atoms in total. The maximum atomic E-state index is 12.1. The van der Waals surface area contributed by atoms with E-state index in [4.69, 9.17) is 4.74 Å². The molecule has 0 fully saturated rings. The molecule has 3 rings (SSSR count). The summed E-state index contributed by atoms with van der Waals surface area (Å²) in [5, 5.41) is 0. The lowest BCUT2D eigenvalue weighted by Crippen LogP contribution is -2.11. The number of nitrogens with zero attached hydrogens (tertiary/aromatic N) is 2. The third-order valence-corrected chi connectivity index (χ3v) is 3.35. The summed E-state index contributed by atoms with van der Waals surface area (Å²) in [5.74, 6) is -0.475. The summed E-state index contributed by atoms with van der Waals surface area (Å²) in [4.78, 5) is 30.8. The molecule has 1 N–H and O–H groups in total. The fraction of sp³-hybridized carbons (Fsp3) is 0.188. The minimum Gasteiger partial charge on any atom is -0.462 e. The number of carbonyl (C=O) groups is 1. The van der Waals surface area contributed by atoms with E-state index in [1.54, 1.807) is 17.7 Å². The first-order chi connectivity index (χ1) is 10.7. The predicted molar refractivity (Wildman–Crippen MR) is 81.9 cm³/mol. The Bertz CT molecular complexity index is 865. The van der Waals surface area contributed by atoms with Crippen molar-refractivity contribution in [3.63, 3.8) is 0 Å². The van der Waals surface area contributed by atoms with Gasteiger partial charge < -0.3 is 14.3 Å². The van der Waals surface area contributed by atoms with Gasteiger partial charge in [-0.05, 0) is 12.5 Å². The first-order valence-electron chi connectivity index (χ1n) is 6.98. The van der Waals surface area contributed by atoms with Crippen LogP contribution in [0.1, 0.15) is 22.8 Å². The molecule has 0 bridgehead atoms. The summed E-state index contributed by atoms with van der Waals surface area (Å²) in [6.07, 6.45) is 2.91. The van der Waals surface area contributed by atoms with E-state index in [1.807, 2.05) is 30.3 Å². The van der Waals surface area contributed by atoms with Crippen LogP contribution >= 0.6 is 0 Å². The third kappa shape index (κ3) is 2.50. The van der Waals surface area contributed by atoms with Gasteiger partial charge in [0.1, 0.15) is 16.6 Å². The molecule has 0 radical (unpaired) electrons. The molecule has 0 aliphatic heterocycles. The van der Waals surface area contributed by atoms with E-state index in [-0.39, 0.29) is 12.2 Å². The molecule has 2 heterocycles. The molecule has 0 spiro atoms. The van der Waals surface area contributed by atoms with Crippen LogP contribution in [0, 0.1) is 0 Å². The highest BCUT2D eigenvalue weighted by Gasteiger charge is 2.19. The second-order valence-corrected chi connectivity index (χ2v) is 4.81. The maximum absolute atomic E-state index is 12.1. The highest BCUT2D eigenvalue weighted by Crippen LogP contribution is 2.18. The zero-order valence-corrected chi connectivity index (χ0v) is 12.1. The molecule has 0 amide bonds. The van der Waals surface area contributed by atoms with Crippen molar-refractivity contribution < 1.29 is 9.53 Å². The van der Waals surface area contributed by atoms with Crippen molar-refractivity contribution in [2.24, 2.45) is 0 Å². The molecule has 112 valence electrons. The number of hydrogen-bond donors (Lipinski definition) is 1. The minimum absolute atomic E-state index is 0.271. The Morgan fingerprint density at radius 2 is 2.09 bits per heavy atom. The van der Waals surface area contributed by atoms with Gasteiger partial charge in [-0.3, -0.25) is 4.79 Å². The normalized spacial score (nSPS) is 10.8. The number of hydrogen-bond acceptors (Lipinski definition) is 4. The fourth-order valence-corrected chi connectivity index (χ4v) is 2.40. The Morgan fingerprint density at radius 1 is 1.32 bits per heavy atom. The lowest BCUT2D eigenvalue weighted by Gasteiger charge is -2.04. The molecule has 0 saturated carbocycles. The second-order valence-electron chi connectivity index (χ2n) is 4.81. The minimum atomic E-state index is -0.475. The third-order valence-electron chi connectivity index (χ3n) is 3.35. The number of H-pyrrole nitrogens is 1. The van der Waals surface area contributed by atoms with Gasteiger partial charge in [0.2, 0.25) is 0 Å². The van der Waals surface area contributed by atoms with E-state index in [9.17, 15) is 9.59 Å². The van der Waals surface area contributed by atoms with E-state index in [2.05, 4.69) is 9.97 Å². The van der Waals surface area contributed by atoms with Crippen molar-refractivity contribution in [1.29, 1.82) is 0 Å². The monoisotopic (exact) mass is 297 g/mol. The molecule has 0 aliphatic rings. The lowest BCUT2D eigenvalue weighted by molar-refractivity contribution is 0.0528. The molecule has 0 aliphatic carbocycles. The SMILES string of the molecule is CCOC(=O)c1cn(Cc2ccccc2)c2c(=O)[nH]cnc12. The quantitative estimate of drug-likeness (QED) is 0.747. The van der Waals surface area contributed by atoms with E-state index >= 15 is 0 Å². The zero-order chi connectivity index (χ0) is 15.5. The van der Waals surface area contributed by atoms with Crippen molar-refractivity contribution in [3.05, 3.63) is 64.3 Å². The van der Waals surface area contributed by atoms with Crippen LogP contribution in [-0.4, -0.2) is 27.1 Å². The zero-order valence-electron chi connectivity index (χ0n) is 12.1. The number of nitrogens with one attached hydrogen (secondary N) is 1. The molecular formula is C16H15N3O3. The number of aromatic amines is 1. The van der Waals surface area contributed by atoms with Gasteiger partial charge >= 0.3 is 5.97 Å². The number of carbonyl (C=O) groups excluding carboxylic acids is 1. The van der Waals surface area contributed by atoms with Crippen LogP contribution in [0.15, 0.2) is 47.7 Å². The summed E-state index contributed by atoms with van der Waals surface area (Å²) < 4.78 is 6.76. The Hall–Kier alpha value is -2.89. The molecule has 3 aromatic rings. The van der Waals surface area contributed by atoms with Crippen LogP contribution in [-0.2, 0) is 11.3 Å². The molecule has 0 atom stereocenters. The van der Waals surface area contributed by atoms with E-state index in [0.717, 1.165) is 5.56 Å². The number of benzene rings is 1. The Labute approximate surface area is 126 Å². The van der Waals surface area contributed by atoms with Gasteiger partial charge in [-0.1, -0.05) is 30.3 Å². The molecule has 0 saturated heterocycles.